The fourth-order valence-corrected chi connectivity index (χ4v) is 5.92. The molecule has 1 unspecified atom stereocenters. The molecule has 0 aliphatic rings. The molecule has 4 rings (SSSR count). The van der Waals surface area contributed by atoms with Gasteiger partial charge in [-0.05, 0) is 48.6 Å². The second kappa shape index (κ2) is 11.9. The molecule has 0 radical (unpaired) electrons. The lowest BCUT2D eigenvalue weighted by Crippen LogP contribution is -2.35. The Hall–Kier alpha value is -3.82. The summed E-state index contributed by atoms with van der Waals surface area (Å²) in [6.45, 7) is 6.07. The van der Waals surface area contributed by atoms with Crippen LogP contribution >= 0.6 is 0 Å². The average molecular weight is 548 g/mol. The molecule has 39 heavy (non-hydrogen) atoms. The summed E-state index contributed by atoms with van der Waals surface area (Å²) in [5.74, 6) is -0.190. The first-order valence-corrected chi connectivity index (χ1v) is 14.3. The molecule has 0 amide bonds. The van der Waals surface area contributed by atoms with Crippen molar-refractivity contribution in [2.24, 2.45) is 5.92 Å². The third kappa shape index (κ3) is 5.94. The molecule has 2 aromatic carbocycles. The van der Waals surface area contributed by atoms with Crippen LogP contribution in [0.25, 0.3) is 11.1 Å². The van der Waals surface area contributed by atoms with Crippen LogP contribution in [0.15, 0.2) is 87.5 Å². The molecule has 9 heteroatoms. The standard InChI is InChI=1S/C30H33N3O5S/c1-20(2)12-17-27-32-29(34)28(30(35)33(27)26(19-38-4)23-9-6-5-7-10-23)39(36,37)24-15-13-22(14-16-24)25-11-8-18-31-21(25)3/h5-11,13-16,18,20,26,34H,12,17,19H2,1-4H3. The Balaban J connectivity index is 1.88. The molecule has 0 aliphatic heterocycles. The molecule has 0 bridgehead atoms. The van der Waals surface area contributed by atoms with Crippen molar-refractivity contribution in [2.75, 3.05) is 13.7 Å². The molecule has 0 fully saturated rings. The fraction of sp³-hybridized carbons (Fsp3) is 0.300. The Morgan fingerprint density at radius 1 is 1.00 bits per heavy atom. The highest BCUT2D eigenvalue weighted by Gasteiger charge is 2.32. The minimum Gasteiger partial charge on any atom is -0.492 e. The number of nitrogens with zero attached hydrogens (tertiary/aromatic N) is 3. The first kappa shape index (κ1) is 28.2. The zero-order valence-corrected chi connectivity index (χ0v) is 23.4. The van der Waals surface area contributed by atoms with Crippen molar-refractivity contribution in [2.45, 2.75) is 49.4 Å². The average Bonchev–Trinajstić information content (AvgIpc) is 2.91. The van der Waals surface area contributed by atoms with Crippen molar-refractivity contribution < 1.29 is 18.3 Å². The topological polar surface area (TPSA) is 111 Å². The Morgan fingerprint density at radius 3 is 2.31 bits per heavy atom. The van der Waals surface area contributed by atoms with Crippen molar-refractivity contribution in [3.05, 3.63) is 100 Å². The van der Waals surface area contributed by atoms with Crippen LogP contribution in [0.4, 0.5) is 0 Å². The molecule has 0 aliphatic carbocycles. The maximum Gasteiger partial charge on any atom is 0.277 e. The largest absolute Gasteiger partial charge is 0.492 e. The number of sulfone groups is 1. The summed E-state index contributed by atoms with van der Waals surface area (Å²) in [6, 6.07) is 18.5. The summed E-state index contributed by atoms with van der Waals surface area (Å²) in [5, 5.41) is 10.9. The van der Waals surface area contributed by atoms with Crippen LogP contribution < -0.4 is 5.56 Å². The van der Waals surface area contributed by atoms with E-state index < -0.39 is 32.2 Å². The molecule has 2 aromatic heterocycles. The number of hydrogen-bond donors (Lipinski definition) is 1. The number of methoxy groups -OCH3 is 1. The van der Waals surface area contributed by atoms with Crippen LogP contribution in [-0.4, -0.2) is 41.8 Å². The van der Waals surface area contributed by atoms with E-state index in [-0.39, 0.29) is 11.5 Å². The summed E-state index contributed by atoms with van der Waals surface area (Å²) in [7, 11) is -2.89. The van der Waals surface area contributed by atoms with Gasteiger partial charge in [-0.25, -0.2) is 8.42 Å². The maximum atomic E-state index is 14.0. The number of aryl methyl sites for hydroxylation is 2. The third-order valence-corrected chi connectivity index (χ3v) is 8.43. The molecule has 204 valence electrons. The van der Waals surface area contributed by atoms with Crippen molar-refractivity contribution in [1.82, 2.24) is 14.5 Å². The molecule has 0 saturated carbocycles. The lowest BCUT2D eigenvalue weighted by atomic mass is 10.1. The van der Waals surface area contributed by atoms with Gasteiger partial charge in [0.25, 0.3) is 5.56 Å². The van der Waals surface area contributed by atoms with Gasteiger partial charge in [0, 0.05) is 31.0 Å². The van der Waals surface area contributed by atoms with Crippen LogP contribution in [0, 0.1) is 12.8 Å². The molecule has 4 aromatic rings. The minimum atomic E-state index is -4.41. The van der Waals surface area contributed by atoms with Gasteiger partial charge in [-0.15, -0.1) is 0 Å². The predicted molar refractivity (Wildman–Crippen MR) is 150 cm³/mol. The number of pyridine rings is 1. The molecular weight excluding hydrogens is 514 g/mol. The molecular formula is C30H33N3O5S. The summed E-state index contributed by atoms with van der Waals surface area (Å²) in [6.07, 6.45) is 2.77. The van der Waals surface area contributed by atoms with Gasteiger partial charge in [0.2, 0.25) is 15.7 Å². The van der Waals surface area contributed by atoms with Gasteiger partial charge in [-0.2, -0.15) is 4.98 Å². The third-order valence-electron chi connectivity index (χ3n) is 6.65. The zero-order valence-electron chi connectivity index (χ0n) is 22.5. The van der Waals surface area contributed by atoms with Crippen LogP contribution in [0.2, 0.25) is 0 Å². The van der Waals surface area contributed by atoms with Crippen LogP contribution in [-0.2, 0) is 21.0 Å². The van der Waals surface area contributed by atoms with E-state index in [2.05, 4.69) is 9.97 Å². The van der Waals surface area contributed by atoms with E-state index in [0.717, 1.165) is 22.4 Å². The molecule has 2 heterocycles. The smallest absolute Gasteiger partial charge is 0.277 e. The highest BCUT2D eigenvalue weighted by molar-refractivity contribution is 7.91. The van der Waals surface area contributed by atoms with E-state index in [0.29, 0.717) is 24.6 Å². The van der Waals surface area contributed by atoms with E-state index in [1.807, 2.05) is 63.2 Å². The summed E-state index contributed by atoms with van der Waals surface area (Å²) >= 11 is 0. The van der Waals surface area contributed by atoms with Crippen LogP contribution in [0.5, 0.6) is 5.88 Å². The van der Waals surface area contributed by atoms with Gasteiger partial charge in [0.15, 0.2) is 4.90 Å². The summed E-state index contributed by atoms with van der Waals surface area (Å²) in [5.41, 5.74) is 2.39. The van der Waals surface area contributed by atoms with Crippen molar-refractivity contribution >= 4 is 9.84 Å². The van der Waals surface area contributed by atoms with Crippen molar-refractivity contribution in [3.63, 3.8) is 0 Å². The molecule has 0 spiro atoms. The Kier molecular flexibility index (Phi) is 8.62. The van der Waals surface area contributed by atoms with E-state index in [9.17, 15) is 18.3 Å². The monoisotopic (exact) mass is 547 g/mol. The second-order valence-corrected chi connectivity index (χ2v) is 11.7. The first-order valence-electron chi connectivity index (χ1n) is 12.8. The highest BCUT2D eigenvalue weighted by Crippen LogP contribution is 2.30. The van der Waals surface area contributed by atoms with Gasteiger partial charge in [0.1, 0.15) is 5.82 Å². The lowest BCUT2D eigenvalue weighted by Gasteiger charge is -2.24. The van der Waals surface area contributed by atoms with E-state index in [1.54, 1.807) is 18.3 Å². The molecule has 1 N–H and O–H groups in total. The summed E-state index contributed by atoms with van der Waals surface area (Å²) < 4.78 is 34.4. The van der Waals surface area contributed by atoms with E-state index in [1.165, 1.54) is 23.8 Å². The summed E-state index contributed by atoms with van der Waals surface area (Å²) in [4.78, 5) is 21.7. The van der Waals surface area contributed by atoms with Gasteiger partial charge in [-0.1, -0.05) is 62.4 Å². The Bertz CT molecular complexity index is 1600. The Morgan fingerprint density at radius 2 is 1.69 bits per heavy atom. The Labute approximate surface area is 228 Å². The number of aromatic nitrogens is 3. The second-order valence-electron chi connectivity index (χ2n) is 9.83. The number of aromatic hydroxyl groups is 1. The van der Waals surface area contributed by atoms with Crippen LogP contribution in [0.1, 0.15) is 43.4 Å². The minimum absolute atomic E-state index is 0.115. The van der Waals surface area contributed by atoms with Gasteiger partial charge >= 0.3 is 0 Å². The van der Waals surface area contributed by atoms with Crippen molar-refractivity contribution in [3.8, 4) is 17.0 Å². The van der Waals surface area contributed by atoms with Crippen molar-refractivity contribution in [1.29, 1.82) is 0 Å². The van der Waals surface area contributed by atoms with Crippen LogP contribution in [0.3, 0.4) is 0 Å². The van der Waals surface area contributed by atoms with Gasteiger partial charge in [-0.3, -0.25) is 14.3 Å². The normalized spacial score (nSPS) is 12.5. The number of rotatable bonds is 10. The fourth-order valence-electron chi connectivity index (χ4n) is 4.57. The number of benzene rings is 2. The molecule has 8 nitrogen and oxygen atoms in total. The lowest BCUT2D eigenvalue weighted by molar-refractivity contribution is 0.165. The SMILES string of the molecule is COCC(c1ccccc1)n1c(CCC(C)C)nc(O)c(S(=O)(=O)c2ccc(-c3cccnc3C)cc2)c1=O. The van der Waals surface area contributed by atoms with E-state index in [4.69, 9.17) is 4.74 Å². The quantitative estimate of drug-likeness (QED) is 0.298. The number of hydrogen-bond acceptors (Lipinski definition) is 7. The number of ether oxygens (including phenoxy) is 1. The zero-order chi connectivity index (χ0) is 28.2. The van der Waals surface area contributed by atoms with E-state index >= 15 is 0 Å². The first-order chi connectivity index (χ1) is 18.6. The van der Waals surface area contributed by atoms with Gasteiger partial charge < -0.3 is 9.84 Å². The maximum absolute atomic E-state index is 14.0. The molecule has 1 atom stereocenters. The highest BCUT2D eigenvalue weighted by atomic mass is 32.2. The molecule has 0 saturated heterocycles. The predicted octanol–water partition coefficient (Wildman–Crippen LogP) is 4.98. The van der Waals surface area contributed by atoms with Gasteiger partial charge in [0.05, 0.1) is 17.5 Å².